The maximum Gasteiger partial charge on any atom is 0.312 e. The lowest BCUT2D eigenvalue weighted by atomic mass is 10.2. The average Bonchev–Trinajstić information content (AvgIpc) is 2.61. The SMILES string of the molecule is COc1ccc(C(=O)NC(=S)Nc2ccc(OC)c([N+](=O)[O-])c2)cc1. The lowest BCUT2D eigenvalue weighted by Crippen LogP contribution is -2.34. The molecule has 0 bridgehead atoms. The minimum atomic E-state index is -0.566. The summed E-state index contributed by atoms with van der Waals surface area (Å²) in [4.78, 5) is 22.6. The second-order valence-electron chi connectivity index (χ2n) is 4.78. The van der Waals surface area contributed by atoms with Crippen LogP contribution in [0.3, 0.4) is 0 Å². The summed E-state index contributed by atoms with van der Waals surface area (Å²) in [5, 5.41) is 16.3. The van der Waals surface area contributed by atoms with Gasteiger partial charge in [-0.3, -0.25) is 20.2 Å². The third-order valence-electron chi connectivity index (χ3n) is 3.21. The van der Waals surface area contributed by atoms with Crippen molar-refractivity contribution in [3.05, 3.63) is 58.1 Å². The van der Waals surface area contributed by atoms with Gasteiger partial charge in [0.05, 0.1) is 19.1 Å². The molecular formula is C16H15N3O5S. The molecular weight excluding hydrogens is 346 g/mol. The largest absolute Gasteiger partial charge is 0.497 e. The highest BCUT2D eigenvalue weighted by Crippen LogP contribution is 2.29. The number of methoxy groups -OCH3 is 2. The zero-order chi connectivity index (χ0) is 18.4. The fourth-order valence-electron chi connectivity index (χ4n) is 1.99. The predicted octanol–water partition coefficient (Wildman–Crippen LogP) is 2.74. The lowest BCUT2D eigenvalue weighted by molar-refractivity contribution is -0.385. The Hall–Kier alpha value is -3.20. The molecule has 8 nitrogen and oxygen atoms in total. The van der Waals surface area contributed by atoms with Gasteiger partial charge in [-0.05, 0) is 48.6 Å². The number of thiocarbonyl (C=S) groups is 1. The van der Waals surface area contributed by atoms with Crippen LogP contribution < -0.4 is 20.1 Å². The highest BCUT2D eigenvalue weighted by Gasteiger charge is 2.16. The summed E-state index contributed by atoms with van der Waals surface area (Å²) in [7, 11) is 2.87. The molecule has 0 aliphatic rings. The number of nitro benzene ring substituents is 1. The Morgan fingerprint density at radius 3 is 2.36 bits per heavy atom. The van der Waals surface area contributed by atoms with E-state index >= 15 is 0 Å². The molecule has 2 rings (SSSR count). The van der Waals surface area contributed by atoms with Gasteiger partial charge in [-0.1, -0.05) is 0 Å². The minimum Gasteiger partial charge on any atom is -0.497 e. The molecule has 2 aromatic rings. The fraction of sp³-hybridized carbons (Fsp3) is 0.125. The molecule has 0 saturated heterocycles. The fourth-order valence-corrected chi connectivity index (χ4v) is 2.20. The molecule has 1 amide bonds. The highest BCUT2D eigenvalue weighted by atomic mass is 32.1. The number of carbonyl (C=O) groups excluding carboxylic acids is 1. The molecule has 0 aliphatic carbocycles. The number of anilines is 1. The topological polar surface area (TPSA) is 103 Å². The van der Waals surface area contributed by atoms with E-state index in [0.29, 0.717) is 17.0 Å². The number of rotatable bonds is 5. The Labute approximate surface area is 148 Å². The first kappa shape index (κ1) is 18.1. The van der Waals surface area contributed by atoms with Crippen LogP contribution in [-0.4, -0.2) is 30.2 Å². The maximum absolute atomic E-state index is 12.1. The van der Waals surface area contributed by atoms with Crippen LogP contribution in [0.1, 0.15) is 10.4 Å². The summed E-state index contributed by atoms with van der Waals surface area (Å²) in [5.74, 6) is 0.342. The van der Waals surface area contributed by atoms with Gasteiger partial charge in [0.1, 0.15) is 5.75 Å². The van der Waals surface area contributed by atoms with Gasteiger partial charge in [0.2, 0.25) is 0 Å². The van der Waals surface area contributed by atoms with Crippen LogP contribution in [0, 0.1) is 10.1 Å². The summed E-state index contributed by atoms with van der Waals surface area (Å²) in [6, 6.07) is 10.7. The van der Waals surface area contributed by atoms with Gasteiger partial charge in [0.15, 0.2) is 10.9 Å². The molecule has 0 radical (unpaired) electrons. The van der Waals surface area contributed by atoms with Crippen LogP contribution in [0.25, 0.3) is 0 Å². The minimum absolute atomic E-state index is 0.0142. The van der Waals surface area contributed by atoms with E-state index in [0.717, 1.165) is 0 Å². The zero-order valence-corrected chi connectivity index (χ0v) is 14.3. The Balaban J connectivity index is 2.05. The molecule has 130 valence electrons. The van der Waals surface area contributed by atoms with E-state index in [2.05, 4.69) is 10.6 Å². The number of hydrogen-bond acceptors (Lipinski definition) is 6. The Morgan fingerprint density at radius 1 is 1.12 bits per heavy atom. The molecule has 0 heterocycles. The van der Waals surface area contributed by atoms with E-state index in [1.165, 1.54) is 26.4 Å². The zero-order valence-electron chi connectivity index (χ0n) is 13.4. The van der Waals surface area contributed by atoms with E-state index in [1.54, 1.807) is 30.3 Å². The Morgan fingerprint density at radius 2 is 1.80 bits per heavy atom. The summed E-state index contributed by atoms with van der Waals surface area (Å²) in [6.45, 7) is 0. The van der Waals surface area contributed by atoms with Crippen molar-refractivity contribution < 1.29 is 19.2 Å². The van der Waals surface area contributed by atoms with Crippen molar-refractivity contribution in [3.63, 3.8) is 0 Å². The molecule has 0 unspecified atom stereocenters. The maximum atomic E-state index is 12.1. The summed E-state index contributed by atoms with van der Waals surface area (Å²) in [5.41, 5.74) is 0.537. The van der Waals surface area contributed by atoms with Gasteiger partial charge in [0.25, 0.3) is 5.91 Å². The first-order chi connectivity index (χ1) is 11.9. The number of hydrogen-bond donors (Lipinski definition) is 2. The van der Waals surface area contributed by atoms with Crippen molar-refractivity contribution in [3.8, 4) is 11.5 Å². The van der Waals surface area contributed by atoms with E-state index in [1.807, 2.05) is 0 Å². The van der Waals surface area contributed by atoms with E-state index in [-0.39, 0.29) is 16.5 Å². The van der Waals surface area contributed by atoms with Crippen molar-refractivity contribution in [2.24, 2.45) is 0 Å². The number of ether oxygens (including phenoxy) is 2. The first-order valence-corrected chi connectivity index (χ1v) is 7.44. The van der Waals surface area contributed by atoms with E-state index in [9.17, 15) is 14.9 Å². The normalized spacial score (nSPS) is 9.84. The molecule has 0 atom stereocenters. The Kier molecular flexibility index (Phi) is 5.85. The van der Waals surface area contributed by atoms with E-state index < -0.39 is 10.8 Å². The van der Waals surface area contributed by atoms with Crippen LogP contribution in [0.4, 0.5) is 11.4 Å². The van der Waals surface area contributed by atoms with Crippen molar-refractivity contribution in [1.29, 1.82) is 0 Å². The van der Waals surface area contributed by atoms with Gasteiger partial charge in [-0.15, -0.1) is 0 Å². The van der Waals surface area contributed by atoms with Crippen molar-refractivity contribution in [2.45, 2.75) is 0 Å². The predicted molar refractivity (Wildman–Crippen MR) is 96.3 cm³/mol. The summed E-state index contributed by atoms with van der Waals surface area (Å²) in [6.07, 6.45) is 0. The second kappa shape index (κ2) is 8.06. The molecule has 0 aromatic heterocycles. The van der Waals surface area contributed by atoms with E-state index in [4.69, 9.17) is 21.7 Å². The number of nitrogens with one attached hydrogen (secondary N) is 2. The van der Waals surface area contributed by atoms with Crippen LogP contribution in [0.5, 0.6) is 11.5 Å². The average molecular weight is 361 g/mol. The monoisotopic (exact) mass is 361 g/mol. The van der Waals surface area contributed by atoms with Gasteiger partial charge in [-0.2, -0.15) is 0 Å². The standard InChI is InChI=1S/C16H15N3O5S/c1-23-12-6-3-10(4-7-12)15(20)18-16(25)17-11-5-8-14(24-2)13(9-11)19(21)22/h3-9H,1-2H3,(H2,17,18,20,25). The molecule has 2 N–H and O–H groups in total. The molecule has 0 saturated carbocycles. The van der Waals surface area contributed by atoms with Crippen LogP contribution in [-0.2, 0) is 0 Å². The molecule has 9 heteroatoms. The summed E-state index contributed by atoms with van der Waals surface area (Å²) < 4.78 is 9.95. The molecule has 2 aromatic carbocycles. The van der Waals surface area contributed by atoms with Gasteiger partial charge >= 0.3 is 5.69 Å². The number of amides is 1. The highest BCUT2D eigenvalue weighted by molar-refractivity contribution is 7.80. The smallest absolute Gasteiger partial charge is 0.312 e. The first-order valence-electron chi connectivity index (χ1n) is 7.03. The third-order valence-corrected chi connectivity index (χ3v) is 3.42. The third kappa shape index (κ3) is 4.64. The van der Waals surface area contributed by atoms with Gasteiger partial charge in [-0.25, -0.2) is 0 Å². The lowest BCUT2D eigenvalue weighted by Gasteiger charge is -2.10. The molecule has 0 aliphatic heterocycles. The van der Waals surface area contributed by atoms with Crippen LogP contribution >= 0.6 is 12.2 Å². The number of benzene rings is 2. The summed E-state index contributed by atoms with van der Waals surface area (Å²) >= 11 is 5.06. The molecule has 25 heavy (non-hydrogen) atoms. The number of nitro groups is 1. The van der Waals surface area contributed by atoms with Crippen molar-refractivity contribution in [2.75, 3.05) is 19.5 Å². The second-order valence-corrected chi connectivity index (χ2v) is 5.19. The Bertz CT molecular complexity index is 808. The molecule has 0 fully saturated rings. The van der Waals surface area contributed by atoms with Crippen molar-refractivity contribution >= 4 is 34.6 Å². The van der Waals surface area contributed by atoms with Gasteiger partial charge < -0.3 is 14.8 Å². The molecule has 0 spiro atoms. The van der Waals surface area contributed by atoms with Crippen LogP contribution in [0.15, 0.2) is 42.5 Å². The van der Waals surface area contributed by atoms with Gasteiger partial charge in [0, 0.05) is 17.3 Å². The van der Waals surface area contributed by atoms with Crippen LogP contribution in [0.2, 0.25) is 0 Å². The number of carbonyl (C=O) groups is 1. The number of nitrogens with zero attached hydrogens (tertiary/aromatic N) is 1. The quantitative estimate of drug-likeness (QED) is 0.479. The van der Waals surface area contributed by atoms with Crippen molar-refractivity contribution in [1.82, 2.24) is 5.32 Å².